The normalized spacial score (nSPS) is 18.4. The molecule has 0 bridgehead atoms. The molecule has 1 saturated heterocycles. The monoisotopic (exact) mass is 588 g/mol. The quantitative estimate of drug-likeness (QED) is 0.338. The molecule has 1 atom stereocenters. The minimum atomic E-state index is -0.616. The van der Waals surface area contributed by atoms with Crippen LogP contribution in [0.3, 0.4) is 0 Å². The maximum absolute atomic E-state index is 13.5. The molecule has 218 valence electrons. The summed E-state index contributed by atoms with van der Waals surface area (Å²) < 4.78 is 1.44. The molecule has 5 rings (SSSR count). The van der Waals surface area contributed by atoms with Gasteiger partial charge in [-0.15, -0.1) is 0 Å². The van der Waals surface area contributed by atoms with Crippen LogP contribution < -0.4 is 10.2 Å². The second-order valence-electron chi connectivity index (χ2n) is 10.5. The molecule has 1 N–H and O–H groups in total. The fraction of sp³-hybridized carbons (Fsp3) is 0.344. The highest BCUT2D eigenvalue weighted by Gasteiger charge is 2.47. The molecule has 1 aliphatic carbocycles. The number of hydrogen-bond acceptors (Lipinski definition) is 5. The van der Waals surface area contributed by atoms with Gasteiger partial charge in [0, 0.05) is 49.9 Å². The average molecular weight is 589 g/mol. The number of halogens is 1. The summed E-state index contributed by atoms with van der Waals surface area (Å²) in [5, 5.41) is 3.46. The van der Waals surface area contributed by atoms with Crippen LogP contribution in [-0.4, -0.2) is 83.1 Å². The lowest BCUT2D eigenvalue weighted by atomic mass is 9.94. The summed E-state index contributed by atoms with van der Waals surface area (Å²) in [6.45, 7) is 2.94. The van der Waals surface area contributed by atoms with E-state index in [1.165, 1.54) is 9.48 Å². The third kappa shape index (κ3) is 6.79. The number of carbonyl (C=O) groups is 4. The molecule has 2 aromatic carbocycles. The number of rotatable bonds is 10. The molecule has 9 nitrogen and oxygen atoms in total. The number of benzene rings is 2. The van der Waals surface area contributed by atoms with Gasteiger partial charge < -0.3 is 15.1 Å². The third-order valence-corrected chi connectivity index (χ3v) is 8.19. The number of para-hydroxylation sites is 1. The summed E-state index contributed by atoms with van der Waals surface area (Å²) in [7, 11) is 0. The lowest BCUT2D eigenvalue weighted by Crippen LogP contribution is -2.57. The van der Waals surface area contributed by atoms with Crippen molar-refractivity contribution in [2.45, 2.75) is 25.8 Å². The number of amides is 5. The van der Waals surface area contributed by atoms with Gasteiger partial charge in [-0.05, 0) is 42.7 Å². The Kier molecular flexibility index (Phi) is 9.48. The van der Waals surface area contributed by atoms with Crippen molar-refractivity contribution in [3.05, 3.63) is 89.5 Å². The first-order valence-corrected chi connectivity index (χ1v) is 14.7. The Morgan fingerprint density at radius 2 is 1.67 bits per heavy atom. The summed E-state index contributed by atoms with van der Waals surface area (Å²) in [5.41, 5.74) is 2.49. The molecule has 1 unspecified atom stereocenters. The fourth-order valence-electron chi connectivity index (χ4n) is 5.45. The molecular weight excluding hydrogens is 554 g/mol. The second kappa shape index (κ2) is 13.6. The molecule has 0 radical (unpaired) electrons. The Hall–Kier alpha value is -4.24. The Balaban J connectivity index is 1.15. The molecule has 42 heavy (non-hydrogen) atoms. The highest BCUT2D eigenvalue weighted by atomic mass is 35.5. The number of allylic oxidation sites excluding steroid dienone is 3. The Morgan fingerprint density at radius 1 is 0.929 bits per heavy atom. The van der Waals surface area contributed by atoms with Crippen molar-refractivity contribution in [3.8, 4) is 0 Å². The van der Waals surface area contributed by atoms with Gasteiger partial charge in [0.2, 0.25) is 5.91 Å². The van der Waals surface area contributed by atoms with Crippen molar-refractivity contribution in [2.24, 2.45) is 5.92 Å². The number of urea groups is 1. The van der Waals surface area contributed by atoms with Crippen LogP contribution in [-0.2, 0) is 20.9 Å². The molecule has 5 amide bonds. The third-order valence-electron chi connectivity index (χ3n) is 7.82. The summed E-state index contributed by atoms with van der Waals surface area (Å²) in [6.07, 6.45) is 8.30. The van der Waals surface area contributed by atoms with Crippen molar-refractivity contribution in [3.63, 3.8) is 0 Å². The summed E-state index contributed by atoms with van der Waals surface area (Å²) in [6, 6.07) is 16.9. The van der Waals surface area contributed by atoms with Gasteiger partial charge in [0.1, 0.15) is 11.6 Å². The number of fused-ring (bicyclic) bond motifs is 1. The van der Waals surface area contributed by atoms with Crippen LogP contribution in [0, 0.1) is 5.92 Å². The van der Waals surface area contributed by atoms with Gasteiger partial charge in [0.05, 0.1) is 6.54 Å². The van der Waals surface area contributed by atoms with Crippen molar-refractivity contribution in [2.75, 3.05) is 44.2 Å². The van der Waals surface area contributed by atoms with Gasteiger partial charge in [-0.3, -0.25) is 9.59 Å². The SMILES string of the molecule is O=C(CCCCN1C(=O)C2C=CC=CC2=[N+](CC(=O)N2CCN(c3ccccc3)CC2)C1=O)NCc1ccccc1Cl. The van der Waals surface area contributed by atoms with Crippen LogP contribution in [0.25, 0.3) is 0 Å². The van der Waals surface area contributed by atoms with E-state index in [-0.39, 0.29) is 37.2 Å². The van der Waals surface area contributed by atoms with E-state index in [9.17, 15) is 19.2 Å². The summed E-state index contributed by atoms with van der Waals surface area (Å²) in [5.74, 6) is -1.19. The maximum Gasteiger partial charge on any atom is 0.501 e. The number of nitrogens with one attached hydrogen (secondary N) is 1. The van der Waals surface area contributed by atoms with Crippen molar-refractivity contribution in [1.29, 1.82) is 0 Å². The van der Waals surface area contributed by atoms with E-state index in [1.807, 2.05) is 36.4 Å². The van der Waals surface area contributed by atoms with Crippen LogP contribution in [0.2, 0.25) is 5.02 Å². The smallest absolute Gasteiger partial charge is 0.368 e. The van der Waals surface area contributed by atoms with Crippen molar-refractivity contribution >= 4 is 46.8 Å². The zero-order chi connectivity index (χ0) is 29.5. The summed E-state index contributed by atoms with van der Waals surface area (Å²) >= 11 is 6.15. The first-order chi connectivity index (χ1) is 20.4. The molecule has 0 aromatic heterocycles. The molecule has 10 heteroatoms. The predicted octanol–water partition coefficient (Wildman–Crippen LogP) is 3.63. The lowest BCUT2D eigenvalue weighted by molar-refractivity contribution is -0.429. The molecule has 0 spiro atoms. The Morgan fingerprint density at radius 3 is 2.43 bits per heavy atom. The average Bonchev–Trinajstić information content (AvgIpc) is 3.02. The van der Waals surface area contributed by atoms with Crippen LogP contribution >= 0.6 is 11.6 Å². The predicted molar refractivity (Wildman–Crippen MR) is 161 cm³/mol. The fourth-order valence-corrected chi connectivity index (χ4v) is 5.65. The number of nitrogens with zero attached hydrogens (tertiary/aromatic N) is 4. The first kappa shape index (κ1) is 29.3. The van der Waals surface area contributed by atoms with Crippen molar-refractivity contribution < 1.29 is 23.8 Å². The molecular formula is C32H35ClN5O4+. The Bertz CT molecular complexity index is 1430. The second-order valence-corrected chi connectivity index (χ2v) is 10.9. The van der Waals surface area contributed by atoms with Crippen LogP contribution in [0.4, 0.5) is 10.5 Å². The van der Waals surface area contributed by atoms with E-state index in [1.54, 1.807) is 35.3 Å². The van der Waals surface area contributed by atoms with Crippen LogP contribution in [0.5, 0.6) is 0 Å². The molecule has 2 heterocycles. The minimum Gasteiger partial charge on any atom is -0.368 e. The van der Waals surface area contributed by atoms with E-state index in [4.69, 9.17) is 11.6 Å². The van der Waals surface area contributed by atoms with Crippen molar-refractivity contribution in [1.82, 2.24) is 15.1 Å². The van der Waals surface area contributed by atoms with Gasteiger partial charge >= 0.3 is 11.9 Å². The number of anilines is 1. The molecule has 3 aliphatic rings. The molecule has 2 aromatic rings. The van der Waals surface area contributed by atoms with Gasteiger partial charge in [-0.1, -0.05) is 66.2 Å². The van der Waals surface area contributed by atoms with E-state index in [2.05, 4.69) is 22.3 Å². The zero-order valence-electron chi connectivity index (χ0n) is 23.5. The number of hydrogen-bond donors (Lipinski definition) is 1. The maximum atomic E-state index is 13.5. The van der Waals surface area contributed by atoms with Gasteiger partial charge in [-0.2, -0.15) is 14.3 Å². The highest BCUT2D eigenvalue weighted by molar-refractivity contribution is 6.31. The molecule has 0 saturated carbocycles. The Labute approximate surface area is 250 Å². The van der Waals surface area contributed by atoms with E-state index >= 15 is 0 Å². The number of imide groups is 1. The summed E-state index contributed by atoms with van der Waals surface area (Å²) in [4.78, 5) is 57.8. The van der Waals surface area contributed by atoms with Crippen LogP contribution in [0.1, 0.15) is 24.8 Å². The van der Waals surface area contributed by atoms with Gasteiger partial charge in [0.25, 0.3) is 5.91 Å². The standard InChI is InChI=1S/C32H34ClN5O4/c33-27-14-6-4-10-24(27)22-34-29(39)16-8-9-17-37-31(41)26-13-5-7-15-28(26)38(32(37)42)23-30(40)36-20-18-35(19-21-36)25-11-2-1-3-12-25/h1-7,10-15,26H,8-9,16-23H2/p+1. The topological polar surface area (TPSA) is 93.0 Å². The number of carbonyl (C=O) groups excluding carboxylic acids is 4. The highest BCUT2D eigenvalue weighted by Crippen LogP contribution is 2.21. The largest absolute Gasteiger partial charge is 0.501 e. The minimum absolute atomic E-state index is 0.123. The van der Waals surface area contributed by atoms with Gasteiger partial charge in [0.15, 0.2) is 6.54 Å². The van der Waals surface area contributed by atoms with E-state index < -0.39 is 11.9 Å². The van der Waals surface area contributed by atoms with E-state index in [0.717, 1.165) is 11.3 Å². The molecule has 2 aliphatic heterocycles. The van der Waals surface area contributed by atoms with Gasteiger partial charge in [-0.25, -0.2) is 4.79 Å². The van der Waals surface area contributed by atoms with E-state index in [0.29, 0.717) is 56.3 Å². The lowest BCUT2D eigenvalue weighted by Gasteiger charge is -2.36. The molecule has 1 fully saturated rings. The number of unbranched alkanes of at least 4 members (excludes halogenated alkanes) is 1. The number of piperazine rings is 1. The van der Waals surface area contributed by atoms with Crippen LogP contribution in [0.15, 0.2) is 78.9 Å². The first-order valence-electron chi connectivity index (χ1n) is 14.3. The zero-order valence-corrected chi connectivity index (χ0v) is 24.2.